The summed E-state index contributed by atoms with van der Waals surface area (Å²) < 4.78 is 0. The molecule has 0 amide bonds. The molecule has 15 heavy (non-hydrogen) atoms. The highest BCUT2D eigenvalue weighted by molar-refractivity contribution is 6.33. The van der Waals surface area contributed by atoms with E-state index in [2.05, 4.69) is 12.1 Å². The first-order chi connectivity index (χ1) is 7.31. The van der Waals surface area contributed by atoms with Crippen molar-refractivity contribution in [2.24, 2.45) is 0 Å². The standard InChI is InChI=1S/C13H7ClN/c14-13-7-2-1-6-12(13)11-5-3-4-10(8-11)9-15/h1-6,8H. The Bertz CT molecular complexity index is 526. The molecule has 0 bridgehead atoms. The van der Waals surface area contributed by atoms with Crippen LogP contribution in [0.1, 0.15) is 5.56 Å². The SMILES string of the molecule is N#Cc1cccc(-c2ccc[c]c2Cl)c1. The first-order valence-electron chi connectivity index (χ1n) is 4.48. The van der Waals surface area contributed by atoms with Gasteiger partial charge in [-0.05, 0) is 17.7 Å². The van der Waals surface area contributed by atoms with Gasteiger partial charge in [-0.2, -0.15) is 5.26 Å². The monoisotopic (exact) mass is 212 g/mol. The number of benzene rings is 2. The third kappa shape index (κ3) is 2.01. The van der Waals surface area contributed by atoms with Crippen molar-refractivity contribution in [2.75, 3.05) is 0 Å². The number of nitrogens with zero attached hydrogens (tertiary/aromatic N) is 1. The van der Waals surface area contributed by atoms with Gasteiger partial charge in [-0.25, -0.2) is 0 Å². The summed E-state index contributed by atoms with van der Waals surface area (Å²) >= 11 is 6.02. The highest BCUT2D eigenvalue weighted by Crippen LogP contribution is 2.27. The van der Waals surface area contributed by atoms with Crippen LogP contribution in [0.2, 0.25) is 5.02 Å². The zero-order valence-corrected chi connectivity index (χ0v) is 8.62. The number of rotatable bonds is 1. The van der Waals surface area contributed by atoms with Crippen molar-refractivity contribution in [2.45, 2.75) is 0 Å². The molecule has 0 saturated carbocycles. The second-order valence-electron chi connectivity index (χ2n) is 3.09. The lowest BCUT2D eigenvalue weighted by Crippen LogP contribution is -1.81. The Hall–Kier alpha value is -1.78. The van der Waals surface area contributed by atoms with Gasteiger partial charge in [0, 0.05) is 11.6 Å². The summed E-state index contributed by atoms with van der Waals surface area (Å²) in [5, 5.41) is 9.36. The summed E-state index contributed by atoms with van der Waals surface area (Å²) in [6.07, 6.45) is 0. The van der Waals surface area contributed by atoms with E-state index >= 15 is 0 Å². The maximum absolute atomic E-state index is 8.79. The molecule has 1 radical (unpaired) electrons. The molecule has 0 N–H and O–H groups in total. The van der Waals surface area contributed by atoms with Crippen molar-refractivity contribution < 1.29 is 0 Å². The molecule has 0 aliphatic rings. The van der Waals surface area contributed by atoms with Crippen LogP contribution in [0.3, 0.4) is 0 Å². The van der Waals surface area contributed by atoms with Crippen LogP contribution in [-0.2, 0) is 0 Å². The first-order valence-corrected chi connectivity index (χ1v) is 4.86. The Morgan fingerprint density at radius 1 is 1.20 bits per heavy atom. The maximum atomic E-state index is 8.79. The molecule has 0 aliphatic heterocycles. The zero-order valence-electron chi connectivity index (χ0n) is 7.87. The summed E-state index contributed by atoms with van der Waals surface area (Å²) in [6.45, 7) is 0. The summed E-state index contributed by atoms with van der Waals surface area (Å²) in [7, 11) is 0. The molecule has 0 saturated heterocycles. The van der Waals surface area contributed by atoms with Crippen LogP contribution in [0, 0.1) is 17.4 Å². The van der Waals surface area contributed by atoms with E-state index in [1.807, 2.05) is 30.3 Å². The number of hydrogen-bond acceptors (Lipinski definition) is 1. The van der Waals surface area contributed by atoms with Gasteiger partial charge < -0.3 is 0 Å². The quantitative estimate of drug-likeness (QED) is 0.708. The Kier molecular flexibility index (Phi) is 2.71. The van der Waals surface area contributed by atoms with E-state index in [4.69, 9.17) is 16.9 Å². The average Bonchev–Trinajstić information content (AvgIpc) is 2.30. The van der Waals surface area contributed by atoms with Crippen LogP contribution >= 0.6 is 11.6 Å². The third-order valence-corrected chi connectivity index (χ3v) is 2.42. The molecule has 0 fully saturated rings. The molecule has 0 aromatic heterocycles. The molecule has 2 rings (SSSR count). The number of halogens is 1. The Morgan fingerprint density at radius 2 is 2.07 bits per heavy atom. The molecule has 0 aliphatic carbocycles. The molecule has 1 nitrogen and oxygen atoms in total. The molecule has 0 unspecified atom stereocenters. The van der Waals surface area contributed by atoms with Crippen LogP contribution < -0.4 is 0 Å². The lowest BCUT2D eigenvalue weighted by atomic mass is 10.0. The van der Waals surface area contributed by atoms with Gasteiger partial charge in [0.15, 0.2) is 0 Å². The van der Waals surface area contributed by atoms with Gasteiger partial charge in [-0.3, -0.25) is 0 Å². The van der Waals surface area contributed by atoms with Gasteiger partial charge in [0.05, 0.1) is 16.7 Å². The molecule has 0 atom stereocenters. The highest BCUT2D eigenvalue weighted by Gasteiger charge is 2.02. The predicted molar refractivity (Wildman–Crippen MR) is 60.4 cm³/mol. The lowest BCUT2D eigenvalue weighted by molar-refractivity contribution is 1.48. The summed E-state index contributed by atoms with van der Waals surface area (Å²) in [5.74, 6) is 0. The second kappa shape index (κ2) is 4.16. The van der Waals surface area contributed by atoms with E-state index < -0.39 is 0 Å². The lowest BCUT2D eigenvalue weighted by Gasteiger charge is -2.03. The third-order valence-electron chi connectivity index (χ3n) is 2.11. The van der Waals surface area contributed by atoms with Gasteiger partial charge in [0.1, 0.15) is 0 Å². The average molecular weight is 213 g/mol. The highest BCUT2D eigenvalue weighted by atomic mass is 35.5. The van der Waals surface area contributed by atoms with Crippen molar-refractivity contribution in [3.8, 4) is 17.2 Å². The van der Waals surface area contributed by atoms with Crippen LogP contribution in [0.15, 0.2) is 42.5 Å². The van der Waals surface area contributed by atoms with Crippen LogP contribution in [-0.4, -0.2) is 0 Å². The van der Waals surface area contributed by atoms with E-state index in [0.29, 0.717) is 10.6 Å². The summed E-state index contributed by atoms with van der Waals surface area (Å²) in [4.78, 5) is 0. The van der Waals surface area contributed by atoms with Crippen molar-refractivity contribution >= 4 is 11.6 Å². The number of nitriles is 1. The van der Waals surface area contributed by atoms with Gasteiger partial charge in [-0.1, -0.05) is 41.9 Å². The molecular weight excluding hydrogens is 206 g/mol. The van der Waals surface area contributed by atoms with Gasteiger partial charge in [0.25, 0.3) is 0 Å². The summed E-state index contributed by atoms with van der Waals surface area (Å²) in [6, 6.07) is 17.9. The maximum Gasteiger partial charge on any atom is 0.0991 e. The van der Waals surface area contributed by atoms with Crippen LogP contribution in [0.25, 0.3) is 11.1 Å². The smallest absolute Gasteiger partial charge is 0.0991 e. The van der Waals surface area contributed by atoms with Crippen molar-refractivity contribution in [3.63, 3.8) is 0 Å². The van der Waals surface area contributed by atoms with Gasteiger partial charge in [0.2, 0.25) is 0 Å². The largest absolute Gasteiger partial charge is 0.192 e. The Morgan fingerprint density at radius 3 is 2.80 bits per heavy atom. The molecule has 71 valence electrons. The van der Waals surface area contributed by atoms with Gasteiger partial charge >= 0.3 is 0 Å². The second-order valence-corrected chi connectivity index (χ2v) is 3.47. The molecule has 2 aromatic carbocycles. The van der Waals surface area contributed by atoms with E-state index in [-0.39, 0.29) is 0 Å². The molecule has 0 heterocycles. The Labute approximate surface area is 93.5 Å². The van der Waals surface area contributed by atoms with E-state index in [1.165, 1.54) is 0 Å². The predicted octanol–water partition coefficient (Wildman–Crippen LogP) is 3.68. The molecule has 0 spiro atoms. The van der Waals surface area contributed by atoms with Crippen molar-refractivity contribution in [3.05, 3.63) is 59.1 Å². The van der Waals surface area contributed by atoms with E-state index in [0.717, 1.165) is 11.1 Å². The zero-order chi connectivity index (χ0) is 10.7. The minimum Gasteiger partial charge on any atom is -0.192 e. The fraction of sp³-hybridized carbons (Fsp3) is 0. The minimum absolute atomic E-state index is 0.576. The molecular formula is C13H7ClN. The molecule has 2 heteroatoms. The van der Waals surface area contributed by atoms with Crippen LogP contribution in [0.5, 0.6) is 0 Å². The normalized spacial score (nSPS) is 9.60. The van der Waals surface area contributed by atoms with E-state index in [1.54, 1.807) is 12.1 Å². The van der Waals surface area contributed by atoms with Crippen LogP contribution in [0.4, 0.5) is 0 Å². The Balaban J connectivity index is 2.55. The van der Waals surface area contributed by atoms with E-state index in [9.17, 15) is 0 Å². The summed E-state index contributed by atoms with van der Waals surface area (Å²) in [5.41, 5.74) is 2.47. The van der Waals surface area contributed by atoms with Crippen molar-refractivity contribution in [1.29, 1.82) is 5.26 Å². The fourth-order valence-electron chi connectivity index (χ4n) is 1.40. The number of hydrogen-bond donors (Lipinski definition) is 0. The topological polar surface area (TPSA) is 23.8 Å². The fourth-order valence-corrected chi connectivity index (χ4v) is 1.63. The minimum atomic E-state index is 0.576. The van der Waals surface area contributed by atoms with Gasteiger partial charge in [-0.15, -0.1) is 0 Å². The first kappa shape index (κ1) is 9.76. The molecule has 2 aromatic rings. The van der Waals surface area contributed by atoms with Crippen molar-refractivity contribution in [1.82, 2.24) is 0 Å².